The maximum Gasteiger partial charge on any atom is 0.336 e. The van der Waals surface area contributed by atoms with E-state index in [-0.39, 0.29) is 0 Å². The lowest BCUT2D eigenvalue weighted by Gasteiger charge is -2.17. The second-order valence-corrected chi connectivity index (χ2v) is 4.04. The van der Waals surface area contributed by atoms with Crippen LogP contribution in [0.1, 0.15) is 34.3 Å². The van der Waals surface area contributed by atoms with Gasteiger partial charge in [-0.05, 0) is 48.9 Å². The molecule has 0 spiro atoms. The molecule has 0 saturated heterocycles. The Kier molecular flexibility index (Phi) is 2.46. The van der Waals surface area contributed by atoms with Crippen molar-refractivity contribution in [3.8, 4) is 0 Å². The third-order valence-electron chi connectivity index (χ3n) is 2.66. The van der Waals surface area contributed by atoms with Gasteiger partial charge in [-0.2, -0.15) is 0 Å². The molecule has 0 aliphatic heterocycles. The van der Waals surface area contributed by atoms with Gasteiger partial charge < -0.3 is 5.11 Å². The highest BCUT2D eigenvalue weighted by molar-refractivity contribution is 6.31. The summed E-state index contributed by atoms with van der Waals surface area (Å²) >= 11 is 5.86. The topological polar surface area (TPSA) is 37.3 Å². The Bertz CT molecular complexity index is 385. The molecule has 2 rings (SSSR count). The second-order valence-electron chi connectivity index (χ2n) is 3.60. The van der Waals surface area contributed by atoms with E-state index in [4.69, 9.17) is 16.7 Å². The van der Waals surface area contributed by atoms with Crippen molar-refractivity contribution in [2.45, 2.75) is 25.7 Å². The van der Waals surface area contributed by atoms with E-state index in [2.05, 4.69) is 0 Å². The predicted molar refractivity (Wildman–Crippen MR) is 55.1 cm³/mol. The van der Waals surface area contributed by atoms with Crippen LogP contribution in [0.25, 0.3) is 0 Å². The Labute approximate surface area is 87.5 Å². The zero-order valence-corrected chi connectivity index (χ0v) is 8.47. The SMILES string of the molecule is O=C(O)c1cc(Cl)cc2c1CCCC2. The molecule has 0 unspecified atom stereocenters. The molecule has 3 heteroatoms. The second kappa shape index (κ2) is 3.62. The van der Waals surface area contributed by atoms with Crippen LogP contribution in [0.2, 0.25) is 5.02 Å². The van der Waals surface area contributed by atoms with E-state index in [1.165, 1.54) is 0 Å². The van der Waals surface area contributed by atoms with E-state index in [9.17, 15) is 4.79 Å². The van der Waals surface area contributed by atoms with Crippen LogP contribution in [-0.2, 0) is 12.8 Å². The van der Waals surface area contributed by atoms with Crippen molar-refractivity contribution < 1.29 is 9.90 Å². The maximum absolute atomic E-state index is 11.0. The summed E-state index contributed by atoms with van der Waals surface area (Å²) in [5.41, 5.74) is 2.47. The van der Waals surface area contributed by atoms with E-state index >= 15 is 0 Å². The van der Waals surface area contributed by atoms with Gasteiger partial charge in [-0.1, -0.05) is 11.6 Å². The molecular formula is C11H11ClO2. The fraction of sp³-hybridized carbons (Fsp3) is 0.364. The van der Waals surface area contributed by atoms with Gasteiger partial charge in [-0.3, -0.25) is 0 Å². The number of halogens is 1. The first kappa shape index (κ1) is 9.53. The van der Waals surface area contributed by atoms with Gasteiger partial charge in [0.1, 0.15) is 0 Å². The molecule has 0 saturated carbocycles. The van der Waals surface area contributed by atoms with Gasteiger partial charge >= 0.3 is 5.97 Å². The average molecular weight is 211 g/mol. The molecule has 0 heterocycles. The first-order valence-electron chi connectivity index (χ1n) is 4.73. The summed E-state index contributed by atoms with van der Waals surface area (Å²) in [4.78, 5) is 11.0. The Morgan fingerprint density at radius 3 is 2.71 bits per heavy atom. The number of carboxylic acid groups (broad SMARTS) is 1. The summed E-state index contributed by atoms with van der Waals surface area (Å²) in [5.74, 6) is -0.870. The Balaban J connectivity index is 2.58. The van der Waals surface area contributed by atoms with Crippen molar-refractivity contribution in [2.24, 2.45) is 0 Å². The number of rotatable bonds is 1. The molecule has 0 bridgehead atoms. The monoisotopic (exact) mass is 210 g/mol. The highest BCUT2D eigenvalue weighted by atomic mass is 35.5. The number of aromatic carboxylic acids is 1. The zero-order valence-electron chi connectivity index (χ0n) is 7.72. The summed E-state index contributed by atoms with van der Waals surface area (Å²) in [6.07, 6.45) is 4.03. The molecule has 1 N–H and O–H groups in total. The Hall–Kier alpha value is -1.02. The molecule has 1 aliphatic carbocycles. The van der Waals surface area contributed by atoms with Gasteiger partial charge in [0.05, 0.1) is 5.56 Å². The highest BCUT2D eigenvalue weighted by Gasteiger charge is 2.17. The van der Waals surface area contributed by atoms with Crippen LogP contribution in [-0.4, -0.2) is 11.1 Å². The van der Waals surface area contributed by atoms with Crippen LogP contribution in [0.15, 0.2) is 12.1 Å². The maximum atomic E-state index is 11.0. The van der Waals surface area contributed by atoms with E-state index in [1.54, 1.807) is 6.07 Å². The number of hydrogen-bond acceptors (Lipinski definition) is 1. The molecule has 0 fully saturated rings. The smallest absolute Gasteiger partial charge is 0.336 e. The third-order valence-corrected chi connectivity index (χ3v) is 2.88. The van der Waals surface area contributed by atoms with Gasteiger partial charge in [-0.15, -0.1) is 0 Å². The van der Waals surface area contributed by atoms with E-state index in [0.29, 0.717) is 10.6 Å². The Morgan fingerprint density at radius 1 is 1.29 bits per heavy atom. The average Bonchev–Trinajstić information content (AvgIpc) is 2.16. The minimum atomic E-state index is -0.870. The fourth-order valence-corrected chi connectivity index (χ4v) is 2.26. The van der Waals surface area contributed by atoms with Crippen molar-refractivity contribution >= 4 is 17.6 Å². The highest BCUT2D eigenvalue weighted by Crippen LogP contribution is 2.28. The standard InChI is InChI=1S/C11H11ClO2/c12-8-5-7-3-1-2-4-9(7)10(6-8)11(13)14/h5-6H,1-4H2,(H,13,14). The molecule has 0 aromatic heterocycles. The summed E-state index contributed by atoms with van der Waals surface area (Å²) in [6.45, 7) is 0. The molecular weight excluding hydrogens is 200 g/mol. The summed E-state index contributed by atoms with van der Waals surface area (Å²) in [5, 5.41) is 9.54. The first-order chi connectivity index (χ1) is 6.68. The zero-order chi connectivity index (χ0) is 10.1. The predicted octanol–water partition coefficient (Wildman–Crippen LogP) is 2.92. The van der Waals surface area contributed by atoms with Gasteiger partial charge in [0, 0.05) is 5.02 Å². The van der Waals surface area contributed by atoms with Crippen LogP contribution in [0.4, 0.5) is 0 Å². The summed E-state index contributed by atoms with van der Waals surface area (Å²) < 4.78 is 0. The van der Waals surface area contributed by atoms with Crippen LogP contribution in [0.5, 0.6) is 0 Å². The number of aryl methyl sites for hydroxylation is 1. The van der Waals surface area contributed by atoms with Crippen molar-refractivity contribution in [3.63, 3.8) is 0 Å². The van der Waals surface area contributed by atoms with Gasteiger partial charge in [0.25, 0.3) is 0 Å². The first-order valence-corrected chi connectivity index (χ1v) is 5.11. The molecule has 14 heavy (non-hydrogen) atoms. The largest absolute Gasteiger partial charge is 0.478 e. The van der Waals surface area contributed by atoms with Crippen LogP contribution >= 0.6 is 11.6 Å². The fourth-order valence-electron chi connectivity index (χ4n) is 2.02. The Morgan fingerprint density at radius 2 is 2.00 bits per heavy atom. The van der Waals surface area contributed by atoms with E-state index in [0.717, 1.165) is 36.8 Å². The number of fused-ring (bicyclic) bond motifs is 1. The van der Waals surface area contributed by atoms with Gasteiger partial charge in [0.2, 0.25) is 0 Å². The lowest BCUT2D eigenvalue weighted by Crippen LogP contribution is -2.10. The van der Waals surface area contributed by atoms with Gasteiger partial charge in [0.15, 0.2) is 0 Å². The lowest BCUT2D eigenvalue weighted by molar-refractivity contribution is 0.0695. The van der Waals surface area contributed by atoms with Crippen molar-refractivity contribution in [2.75, 3.05) is 0 Å². The molecule has 2 nitrogen and oxygen atoms in total. The molecule has 1 aliphatic rings. The molecule has 74 valence electrons. The van der Waals surface area contributed by atoms with Crippen molar-refractivity contribution in [3.05, 3.63) is 33.8 Å². The van der Waals surface area contributed by atoms with Crippen molar-refractivity contribution in [1.82, 2.24) is 0 Å². The molecule has 0 radical (unpaired) electrons. The molecule has 1 aromatic carbocycles. The summed E-state index contributed by atoms with van der Waals surface area (Å²) in [7, 11) is 0. The van der Waals surface area contributed by atoms with Crippen molar-refractivity contribution in [1.29, 1.82) is 0 Å². The molecule has 1 aromatic rings. The number of carbonyl (C=O) groups is 1. The minimum Gasteiger partial charge on any atom is -0.478 e. The number of hydrogen-bond donors (Lipinski definition) is 1. The molecule has 0 atom stereocenters. The number of carboxylic acids is 1. The number of benzene rings is 1. The summed E-state index contributed by atoms with van der Waals surface area (Å²) in [6, 6.07) is 3.44. The third kappa shape index (κ3) is 1.62. The van der Waals surface area contributed by atoms with Crippen LogP contribution in [0.3, 0.4) is 0 Å². The van der Waals surface area contributed by atoms with Crippen LogP contribution in [0, 0.1) is 0 Å². The lowest BCUT2D eigenvalue weighted by atomic mass is 9.88. The minimum absolute atomic E-state index is 0.382. The normalized spacial score (nSPS) is 14.9. The van der Waals surface area contributed by atoms with E-state index in [1.807, 2.05) is 6.07 Å². The quantitative estimate of drug-likeness (QED) is 0.774. The van der Waals surface area contributed by atoms with Gasteiger partial charge in [-0.25, -0.2) is 4.79 Å². The molecule has 0 amide bonds. The van der Waals surface area contributed by atoms with Crippen LogP contribution < -0.4 is 0 Å². The van der Waals surface area contributed by atoms with E-state index < -0.39 is 5.97 Å².